The second-order valence-corrected chi connectivity index (χ2v) is 12.0. The number of rotatable bonds is 20. The number of carbonyl (C=O) groups excluding carboxylic acids is 1. The molecule has 0 radical (unpaired) electrons. The molecule has 1 aromatic rings. The number of aromatic hydroxyl groups is 1. The van der Waals surface area contributed by atoms with E-state index >= 15 is 0 Å². The summed E-state index contributed by atoms with van der Waals surface area (Å²) in [5.74, 6) is 0.258. The molecule has 3 nitrogen and oxygen atoms in total. The molecular weight excluding hydrogens is 444 g/mol. The number of phenolic OH excluding ortho intramolecular Hbond substituents is 1. The lowest BCUT2D eigenvalue weighted by Gasteiger charge is -2.27. The smallest absolute Gasteiger partial charge is 0.306 e. The fourth-order valence-electron chi connectivity index (χ4n) is 5.44. The van der Waals surface area contributed by atoms with Gasteiger partial charge in [-0.1, -0.05) is 130 Å². The molecule has 0 saturated carbocycles. The Morgan fingerprint density at radius 1 is 0.778 bits per heavy atom. The number of hydrogen-bond donors (Lipinski definition) is 1. The van der Waals surface area contributed by atoms with Gasteiger partial charge in [0.2, 0.25) is 0 Å². The van der Waals surface area contributed by atoms with Crippen molar-refractivity contribution in [2.45, 2.75) is 163 Å². The Hall–Kier alpha value is -1.51. The topological polar surface area (TPSA) is 46.5 Å². The van der Waals surface area contributed by atoms with Crippen molar-refractivity contribution in [3.8, 4) is 5.75 Å². The van der Waals surface area contributed by atoms with Gasteiger partial charge in [0, 0.05) is 6.42 Å². The summed E-state index contributed by atoms with van der Waals surface area (Å²) in [5, 5.41) is 10.4. The predicted octanol–water partition coefficient (Wildman–Crippen LogP) is 10.0. The number of carbonyl (C=O) groups is 1. The first-order chi connectivity index (χ1) is 17.2. The van der Waals surface area contributed by atoms with E-state index in [2.05, 4.69) is 27.7 Å². The highest BCUT2D eigenvalue weighted by molar-refractivity contribution is 5.70. The molecule has 0 amide bonds. The average molecular weight is 503 g/mol. The maximum Gasteiger partial charge on any atom is 0.306 e. The Labute approximate surface area is 223 Å². The summed E-state index contributed by atoms with van der Waals surface area (Å²) in [6.07, 6.45) is 22.6. The highest BCUT2D eigenvalue weighted by atomic mass is 16.5. The van der Waals surface area contributed by atoms with Gasteiger partial charge in [-0.3, -0.25) is 4.79 Å². The number of ether oxygens (including phenoxy) is 1. The molecule has 1 rings (SSSR count). The summed E-state index contributed by atoms with van der Waals surface area (Å²) < 4.78 is 5.50. The summed E-state index contributed by atoms with van der Waals surface area (Å²) >= 11 is 0. The Kier molecular flexibility index (Phi) is 16.9. The van der Waals surface area contributed by atoms with Crippen molar-refractivity contribution in [3.05, 3.63) is 28.3 Å². The number of benzene rings is 1. The van der Waals surface area contributed by atoms with Gasteiger partial charge < -0.3 is 9.84 Å². The van der Waals surface area contributed by atoms with Gasteiger partial charge in [-0.25, -0.2) is 0 Å². The number of phenols is 1. The van der Waals surface area contributed by atoms with Crippen LogP contribution in [0.15, 0.2) is 6.07 Å². The molecule has 0 heterocycles. The number of hydrogen-bond acceptors (Lipinski definition) is 3. The van der Waals surface area contributed by atoms with Crippen LogP contribution in [0.5, 0.6) is 5.75 Å². The van der Waals surface area contributed by atoms with E-state index in [1.807, 2.05) is 19.9 Å². The first-order valence-corrected chi connectivity index (χ1v) is 15.2. The molecule has 0 bridgehead atoms. The lowest BCUT2D eigenvalue weighted by molar-refractivity contribution is -0.143. The molecule has 36 heavy (non-hydrogen) atoms. The third-order valence-electron chi connectivity index (χ3n) is 7.42. The van der Waals surface area contributed by atoms with E-state index in [0.29, 0.717) is 25.2 Å². The fraction of sp³-hybridized carbons (Fsp3) is 0.788. The molecule has 0 atom stereocenters. The van der Waals surface area contributed by atoms with Gasteiger partial charge in [0.25, 0.3) is 0 Å². The van der Waals surface area contributed by atoms with Gasteiger partial charge in [-0.05, 0) is 54.4 Å². The molecule has 1 aromatic carbocycles. The van der Waals surface area contributed by atoms with Gasteiger partial charge in [0.05, 0.1) is 6.61 Å². The van der Waals surface area contributed by atoms with Crippen LogP contribution in [0.1, 0.15) is 159 Å². The third kappa shape index (κ3) is 13.7. The minimum absolute atomic E-state index is 0.0813. The highest BCUT2D eigenvalue weighted by Gasteiger charge is 2.23. The quantitative estimate of drug-likeness (QED) is 0.142. The zero-order chi connectivity index (χ0) is 26.8. The van der Waals surface area contributed by atoms with Gasteiger partial charge in [-0.2, -0.15) is 0 Å². The Balaban J connectivity index is 2.06. The highest BCUT2D eigenvalue weighted by Crippen LogP contribution is 2.36. The molecule has 0 unspecified atom stereocenters. The second-order valence-electron chi connectivity index (χ2n) is 12.0. The maximum atomic E-state index is 12.3. The standard InChI is InChI=1S/C33H58O3/c1-7-8-9-10-11-12-13-14-15-16-17-18-19-20-21-22-25-36-30(34)24-23-29-26-27(2)32(35)28(3)31(29)33(4,5)6/h26,35H,7-25H2,1-6H3. The number of esters is 1. The van der Waals surface area contributed by atoms with Crippen molar-refractivity contribution in [1.82, 2.24) is 0 Å². The zero-order valence-electron chi connectivity index (χ0n) is 24.8. The van der Waals surface area contributed by atoms with Crippen LogP contribution in [0, 0.1) is 13.8 Å². The van der Waals surface area contributed by atoms with Gasteiger partial charge in [-0.15, -0.1) is 0 Å². The molecular formula is C33H58O3. The van der Waals surface area contributed by atoms with Crippen LogP contribution in [0.2, 0.25) is 0 Å². The van der Waals surface area contributed by atoms with Crippen LogP contribution < -0.4 is 0 Å². The van der Waals surface area contributed by atoms with E-state index in [4.69, 9.17) is 4.74 Å². The predicted molar refractivity (Wildman–Crippen MR) is 155 cm³/mol. The minimum atomic E-state index is -0.112. The third-order valence-corrected chi connectivity index (χ3v) is 7.42. The molecule has 0 aliphatic rings. The van der Waals surface area contributed by atoms with Gasteiger partial charge in [0.1, 0.15) is 5.75 Å². The number of unbranched alkanes of at least 4 members (excludes halogenated alkanes) is 15. The van der Waals surface area contributed by atoms with Crippen LogP contribution in [0.3, 0.4) is 0 Å². The van der Waals surface area contributed by atoms with Crippen molar-refractivity contribution >= 4 is 5.97 Å². The molecule has 0 fully saturated rings. The molecule has 0 aliphatic heterocycles. The van der Waals surface area contributed by atoms with E-state index in [1.54, 1.807) is 0 Å². The molecule has 3 heteroatoms. The second kappa shape index (κ2) is 18.7. The van der Waals surface area contributed by atoms with Crippen molar-refractivity contribution in [2.75, 3.05) is 6.61 Å². The maximum absolute atomic E-state index is 12.3. The van der Waals surface area contributed by atoms with Crippen molar-refractivity contribution in [2.24, 2.45) is 0 Å². The Bertz CT molecular complexity index is 729. The first-order valence-electron chi connectivity index (χ1n) is 15.2. The Morgan fingerprint density at radius 2 is 1.22 bits per heavy atom. The lowest BCUT2D eigenvalue weighted by atomic mass is 9.78. The summed E-state index contributed by atoms with van der Waals surface area (Å²) in [4.78, 5) is 12.3. The molecule has 0 saturated heterocycles. The largest absolute Gasteiger partial charge is 0.507 e. The molecule has 0 aliphatic carbocycles. The first kappa shape index (κ1) is 32.5. The molecule has 0 spiro atoms. The van der Waals surface area contributed by atoms with Crippen molar-refractivity contribution in [3.63, 3.8) is 0 Å². The van der Waals surface area contributed by atoms with Crippen LogP contribution >= 0.6 is 0 Å². The van der Waals surface area contributed by atoms with Crippen molar-refractivity contribution < 1.29 is 14.6 Å². The normalized spacial score (nSPS) is 11.7. The monoisotopic (exact) mass is 502 g/mol. The lowest BCUT2D eigenvalue weighted by Crippen LogP contribution is -2.18. The summed E-state index contributed by atoms with van der Waals surface area (Å²) in [7, 11) is 0. The zero-order valence-corrected chi connectivity index (χ0v) is 24.8. The van der Waals surface area contributed by atoms with Crippen LogP contribution in [0.4, 0.5) is 0 Å². The summed E-state index contributed by atoms with van der Waals surface area (Å²) in [6.45, 7) is 13.2. The minimum Gasteiger partial charge on any atom is -0.507 e. The van der Waals surface area contributed by atoms with Gasteiger partial charge >= 0.3 is 5.97 Å². The molecule has 208 valence electrons. The molecule has 1 N–H and O–H groups in total. The average Bonchev–Trinajstić information content (AvgIpc) is 2.82. The number of aryl methyl sites for hydroxylation is 2. The Morgan fingerprint density at radius 3 is 1.67 bits per heavy atom. The summed E-state index contributed by atoms with van der Waals surface area (Å²) in [5.41, 5.74) is 4.02. The molecule has 0 aromatic heterocycles. The van der Waals surface area contributed by atoms with E-state index in [1.165, 1.54) is 89.9 Å². The van der Waals surface area contributed by atoms with Gasteiger partial charge in [0.15, 0.2) is 0 Å². The van der Waals surface area contributed by atoms with E-state index < -0.39 is 0 Å². The van der Waals surface area contributed by atoms with E-state index in [0.717, 1.165) is 35.1 Å². The van der Waals surface area contributed by atoms with E-state index in [9.17, 15) is 9.90 Å². The van der Waals surface area contributed by atoms with Crippen LogP contribution in [0.25, 0.3) is 0 Å². The van der Waals surface area contributed by atoms with Crippen molar-refractivity contribution in [1.29, 1.82) is 0 Å². The SMILES string of the molecule is CCCCCCCCCCCCCCCCCCOC(=O)CCc1cc(C)c(O)c(C)c1C(C)(C)C. The van der Waals surface area contributed by atoms with Crippen LogP contribution in [-0.4, -0.2) is 17.7 Å². The van der Waals surface area contributed by atoms with Crippen LogP contribution in [-0.2, 0) is 21.4 Å². The fourth-order valence-corrected chi connectivity index (χ4v) is 5.44. The summed E-state index contributed by atoms with van der Waals surface area (Å²) in [6, 6.07) is 2.03. The van der Waals surface area contributed by atoms with E-state index in [-0.39, 0.29) is 11.4 Å².